The molecule has 3 rings (SSSR count). The number of anilines is 3. The summed E-state index contributed by atoms with van der Waals surface area (Å²) in [5, 5.41) is 5.45. The summed E-state index contributed by atoms with van der Waals surface area (Å²) in [5.74, 6) is -0.562. The van der Waals surface area contributed by atoms with Gasteiger partial charge in [0.15, 0.2) is 0 Å². The molecule has 146 valence electrons. The maximum absolute atomic E-state index is 12.3. The fraction of sp³-hybridized carbons (Fsp3) is 0.0909. The molecule has 0 radical (unpaired) electrons. The van der Waals surface area contributed by atoms with E-state index < -0.39 is 0 Å². The highest BCUT2D eigenvalue weighted by Gasteiger charge is 2.09. The summed E-state index contributed by atoms with van der Waals surface area (Å²) in [7, 11) is 0. The average molecular weight is 387 g/mol. The van der Waals surface area contributed by atoms with Crippen LogP contribution < -0.4 is 16.4 Å². The number of para-hydroxylation sites is 2. The van der Waals surface area contributed by atoms with Gasteiger partial charge >= 0.3 is 0 Å². The highest BCUT2D eigenvalue weighted by Crippen LogP contribution is 2.17. The van der Waals surface area contributed by atoms with Crippen molar-refractivity contribution >= 4 is 35.0 Å². The normalized spacial score (nSPS) is 10.7. The summed E-state index contributed by atoms with van der Waals surface area (Å²) in [6.07, 6.45) is 7.01. The molecule has 0 saturated heterocycles. The van der Waals surface area contributed by atoms with Gasteiger partial charge in [-0.2, -0.15) is 0 Å². The van der Waals surface area contributed by atoms with Gasteiger partial charge in [0, 0.05) is 18.3 Å². The van der Waals surface area contributed by atoms with Gasteiger partial charge in [-0.3, -0.25) is 14.6 Å². The molecule has 29 heavy (non-hydrogen) atoms. The number of rotatable bonds is 6. The number of carbonyl (C=O) groups excluding carboxylic acids is 2. The minimum absolute atomic E-state index is 0.183. The van der Waals surface area contributed by atoms with E-state index in [0.717, 1.165) is 11.3 Å². The maximum atomic E-state index is 12.3. The predicted molar refractivity (Wildman–Crippen MR) is 114 cm³/mol. The van der Waals surface area contributed by atoms with E-state index in [9.17, 15) is 9.59 Å². The highest BCUT2D eigenvalue weighted by atomic mass is 16.2. The molecule has 0 aliphatic heterocycles. The van der Waals surface area contributed by atoms with E-state index in [1.165, 1.54) is 12.3 Å². The fourth-order valence-corrected chi connectivity index (χ4v) is 2.49. The molecule has 1 aromatic carbocycles. The Balaban J connectivity index is 1.53. The fourth-order valence-electron chi connectivity index (χ4n) is 2.49. The van der Waals surface area contributed by atoms with Crippen LogP contribution in [-0.2, 0) is 4.79 Å². The van der Waals surface area contributed by atoms with Crippen molar-refractivity contribution in [2.45, 2.75) is 13.3 Å². The van der Waals surface area contributed by atoms with Gasteiger partial charge in [0.2, 0.25) is 5.91 Å². The summed E-state index contributed by atoms with van der Waals surface area (Å²) >= 11 is 0. The molecule has 0 aliphatic rings. The second-order valence-corrected chi connectivity index (χ2v) is 6.36. The largest absolute Gasteiger partial charge is 0.397 e. The van der Waals surface area contributed by atoms with Crippen LogP contribution in [0.25, 0.3) is 6.08 Å². The molecule has 2 aromatic heterocycles. The lowest BCUT2D eigenvalue weighted by atomic mass is 10.2. The zero-order valence-electron chi connectivity index (χ0n) is 15.9. The Morgan fingerprint density at radius 1 is 1.00 bits per heavy atom. The highest BCUT2D eigenvalue weighted by molar-refractivity contribution is 6.04. The van der Waals surface area contributed by atoms with Gasteiger partial charge in [-0.15, -0.1) is 0 Å². The molecule has 2 amide bonds. The first-order chi connectivity index (χ1) is 14.0. The SMILES string of the molecule is Cc1ccc(/C=C/CC(=O)Nc2ccc(C(=O)Nc3ccccc3N)nc2)cn1. The Morgan fingerprint density at radius 2 is 1.83 bits per heavy atom. The Bertz CT molecular complexity index is 1030. The molecule has 4 N–H and O–H groups in total. The van der Waals surface area contributed by atoms with E-state index in [1.54, 1.807) is 42.6 Å². The first kappa shape index (κ1) is 19.8. The van der Waals surface area contributed by atoms with E-state index in [1.807, 2.05) is 25.1 Å². The van der Waals surface area contributed by atoms with Gasteiger partial charge in [0.25, 0.3) is 5.91 Å². The number of nitrogens with two attached hydrogens (primary N) is 1. The van der Waals surface area contributed by atoms with E-state index >= 15 is 0 Å². The second kappa shape index (κ2) is 9.27. The third kappa shape index (κ3) is 5.74. The molecular weight excluding hydrogens is 366 g/mol. The topological polar surface area (TPSA) is 110 Å². The van der Waals surface area contributed by atoms with Gasteiger partial charge in [0.1, 0.15) is 5.69 Å². The number of aromatic nitrogens is 2. The van der Waals surface area contributed by atoms with Crippen LogP contribution in [0.15, 0.2) is 67.0 Å². The molecule has 0 unspecified atom stereocenters. The number of carbonyl (C=O) groups is 2. The van der Waals surface area contributed by atoms with Crippen LogP contribution in [0, 0.1) is 6.92 Å². The third-order valence-corrected chi connectivity index (χ3v) is 4.04. The minimum Gasteiger partial charge on any atom is -0.397 e. The summed E-state index contributed by atoms with van der Waals surface area (Å²) in [5.41, 5.74) is 9.41. The molecule has 0 saturated carbocycles. The van der Waals surface area contributed by atoms with Crippen LogP contribution in [0.1, 0.15) is 28.2 Å². The number of amides is 2. The van der Waals surface area contributed by atoms with Crippen LogP contribution in [0.3, 0.4) is 0 Å². The standard InChI is InChI=1S/C22H21N5O2/c1-15-9-10-16(13-24-15)5-4-8-21(28)26-17-11-12-20(25-14-17)22(29)27-19-7-3-2-6-18(19)23/h2-7,9-14H,8,23H2,1H3,(H,26,28)(H,27,29)/b5-4+. The number of nitrogens with one attached hydrogen (secondary N) is 2. The Kier molecular flexibility index (Phi) is 6.32. The molecule has 0 fully saturated rings. The van der Waals surface area contributed by atoms with Crippen molar-refractivity contribution in [1.82, 2.24) is 9.97 Å². The lowest BCUT2D eigenvalue weighted by molar-refractivity contribution is -0.115. The van der Waals surface area contributed by atoms with Crippen LogP contribution in [0.4, 0.5) is 17.1 Å². The van der Waals surface area contributed by atoms with Crippen molar-refractivity contribution in [1.29, 1.82) is 0 Å². The first-order valence-corrected chi connectivity index (χ1v) is 9.02. The summed E-state index contributed by atoms with van der Waals surface area (Å²) < 4.78 is 0. The molecule has 7 nitrogen and oxygen atoms in total. The van der Waals surface area contributed by atoms with E-state index in [2.05, 4.69) is 20.6 Å². The summed E-state index contributed by atoms with van der Waals surface area (Å²) in [6, 6.07) is 14.0. The number of nitrogens with zero attached hydrogens (tertiary/aromatic N) is 2. The number of pyridine rings is 2. The van der Waals surface area contributed by atoms with Crippen molar-refractivity contribution in [3.8, 4) is 0 Å². The van der Waals surface area contributed by atoms with Crippen LogP contribution in [0.2, 0.25) is 0 Å². The summed E-state index contributed by atoms with van der Waals surface area (Å²) in [6.45, 7) is 1.92. The van der Waals surface area contributed by atoms with Crippen molar-refractivity contribution in [2.24, 2.45) is 0 Å². The smallest absolute Gasteiger partial charge is 0.274 e. The lowest BCUT2D eigenvalue weighted by Gasteiger charge is -2.08. The molecule has 2 heterocycles. The van der Waals surface area contributed by atoms with Gasteiger partial charge in [0.05, 0.1) is 23.3 Å². The van der Waals surface area contributed by atoms with E-state index in [-0.39, 0.29) is 23.9 Å². The van der Waals surface area contributed by atoms with Gasteiger partial charge in [-0.25, -0.2) is 4.98 Å². The average Bonchev–Trinajstić information content (AvgIpc) is 2.72. The minimum atomic E-state index is -0.379. The zero-order valence-corrected chi connectivity index (χ0v) is 15.9. The molecule has 0 spiro atoms. The zero-order chi connectivity index (χ0) is 20.6. The monoisotopic (exact) mass is 387 g/mol. The second-order valence-electron chi connectivity index (χ2n) is 6.36. The maximum Gasteiger partial charge on any atom is 0.274 e. The first-order valence-electron chi connectivity index (χ1n) is 9.02. The molecular formula is C22H21N5O2. The van der Waals surface area contributed by atoms with E-state index in [4.69, 9.17) is 5.73 Å². The third-order valence-electron chi connectivity index (χ3n) is 4.04. The van der Waals surface area contributed by atoms with Crippen molar-refractivity contribution in [3.63, 3.8) is 0 Å². The van der Waals surface area contributed by atoms with Crippen molar-refractivity contribution in [2.75, 3.05) is 16.4 Å². The number of aryl methyl sites for hydroxylation is 1. The number of hydrogen-bond donors (Lipinski definition) is 3. The molecule has 0 bridgehead atoms. The van der Waals surface area contributed by atoms with E-state index in [0.29, 0.717) is 17.1 Å². The molecule has 3 aromatic rings. The quantitative estimate of drug-likeness (QED) is 0.559. The number of hydrogen-bond acceptors (Lipinski definition) is 5. The molecule has 0 atom stereocenters. The number of benzene rings is 1. The Labute approximate surface area is 168 Å². The van der Waals surface area contributed by atoms with Gasteiger partial charge in [-0.1, -0.05) is 30.4 Å². The van der Waals surface area contributed by atoms with Gasteiger partial charge in [-0.05, 0) is 42.8 Å². The predicted octanol–water partition coefficient (Wildman–Crippen LogP) is 3.66. The van der Waals surface area contributed by atoms with Crippen LogP contribution >= 0.6 is 0 Å². The lowest BCUT2D eigenvalue weighted by Crippen LogP contribution is -2.15. The summed E-state index contributed by atoms with van der Waals surface area (Å²) in [4.78, 5) is 32.6. The molecule has 7 heteroatoms. The number of nitrogen functional groups attached to an aromatic ring is 1. The Morgan fingerprint density at radius 3 is 2.52 bits per heavy atom. The van der Waals surface area contributed by atoms with Crippen molar-refractivity contribution < 1.29 is 9.59 Å². The van der Waals surface area contributed by atoms with Gasteiger partial charge < -0.3 is 16.4 Å². The van der Waals surface area contributed by atoms with Crippen LogP contribution in [-0.4, -0.2) is 21.8 Å². The Hall–Kier alpha value is -4.00. The molecule has 0 aliphatic carbocycles. The van der Waals surface area contributed by atoms with Crippen LogP contribution in [0.5, 0.6) is 0 Å². The van der Waals surface area contributed by atoms with Crippen molar-refractivity contribution in [3.05, 3.63) is 84.0 Å².